The van der Waals surface area contributed by atoms with Crippen molar-refractivity contribution in [3.05, 3.63) is 68.0 Å². The van der Waals surface area contributed by atoms with E-state index in [2.05, 4.69) is 6.07 Å². The second kappa shape index (κ2) is 7.21. The third-order valence-corrected chi connectivity index (χ3v) is 6.91. The fourth-order valence-electron chi connectivity index (χ4n) is 3.91. The molecular formula is C22H18Cl2N2O2S. The van der Waals surface area contributed by atoms with Crippen LogP contribution in [0.1, 0.15) is 37.5 Å². The summed E-state index contributed by atoms with van der Waals surface area (Å²) in [5, 5.41) is 10.8. The minimum Gasteiger partial charge on any atom is -0.444 e. The molecule has 7 heteroatoms. The van der Waals surface area contributed by atoms with Crippen LogP contribution in [0.3, 0.4) is 0 Å². The number of rotatable bonds is 2. The predicted molar refractivity (Wildman–Crippen MR) is 115 cm³/mol. The number of allylic oxidation sites excluding steroid dienone is 3. The van der Waals surface area contributed by atoms with E-state index in [1.54, 1.807) is 12.1 Å². The Bertz CT molecular complexity index is 1140. The highest BCUT2D eigenvalue weighted by atomic mass is 35.5. The van der Waals surface area contributed by atoms with E-state index in [0.717, 1.165) is 15.3 Å². The topological polar surface area (TPSA) is 76.1 Å². The van der Waals surface area contributed by atoms with Gasteiger partial charge in [-0.2, -0.15) is 5.26 Å². The number of carbonyl (C=O) groups excluding carboxylic acids is 1. The molecule has 0 fully saturated rings. The molecule has 1 aliphatic carbocycles. The van der Waals surface area contributed by atoms with Crippen LogP contribution in [0.5, 0.6) is 0 Å². The number of carbonyl (C=O) groups is 1. The summed E-state index contributed by atoms with van der Waals surface area (Å²) in [4.78, 5) is 14.8. The zero-order valence-corrected chi connectivity index (χ0v) is 18.2. The normalized spacial score (nSPS) is 20.9. The van der Waals surface area contributed by atoms with Gasteiger partial charge >= 0.3 is 0 Å². The second-order valence-corrected chi connectivity index (χ2v) is 9.99. The molecule has 0 bridgehead atoms. The summed E-state index contributed by atoms with van der Waals surface area (Å²) >= 11 is 13.8. The van der Waals surface area contributed by atoms with Gasteiger partial charge in [0.25, 0.3) is 0 Å². The first-order valence-corrected chi connectivity index (χ1v) is 10.7. The third-order valence-electron chi connectivity index (χ3n) is 5.18. The fraction of sp³-hybridized carbons (Fsp3) is 0.273. The number of halogens is 2. The molecule has 0 spiro atoms. The maximum atomic E-state index is 13.0. The lowest BCUT2D eigenvalue weighted by Gasteiger charge is -2.36. The van der Waals surface area contributed by atoms with Gasteiger partial charge in [-0.3, -0.25) is 4.79 Å². The molecule has 0 saturated carbocycles. The van der Waals surface area contributed by atoms with Gasteiger partial charge in [0.1, 0.15) is 17.4 Å². The van der Waals surface area contributed by atoms with Crippen LogP contribution < -0.4 is 5.73 Å². The van der Waals surface area contributed by atoms with Gasteiger partial charge in [-0.05, 0) is 29.7 Å². The van der Waals surface area contributed by atoms with E-state index in [-0.39, 0.29) is 22.7 Å². The lowest BCUT2D eigenvalue weighted by Crippen LogP contribution is -2.33. The van der Waals surface area contributed by atoms with Crippen LogP contribution in [0.15, 0.2) is 53.1 Å². The van der Waals surface area contributed by atoms with Crippen molar-refractivity contribution in [2.24, 2.45) is 11.1 Å². The lowest BCUT2D eigenvalue weighted by molar-refractivity contribution is -0.119. The van der Waals surface area contributed by atoms with Gasteiger partial charge in [0, 0.05) is 38.8 Å². The van der Waals surface area contributed by atoms with Crippen molar-refractivity contribution in [1.82, 2.24) is 0 Å². The smallest absolute Gasteiger partial charge is 0.205 e. The summed E-state index contributed by atoms with van der Waals surface area (Å²) in [5.74, 6) is 0.131. The Balaban J connectivity index is 1.83. The molecule has 2 N–H and O–H groups in total. The van der Waals surface area contributed by atoms with Crippen molar-refractivity contribution in [2.75, 3.05) is 0 Å². The molecule has 2 aliphatic rings. The number of Topliss-reactive ketones (excluding diaryl/α,β-unsaturated/α-hetero) is 1. The highest BCUT2D eigenvalue weighted by Crippen LogP contribution is 2.50. The van der Waals surface area contributed by atoms with Crippen molar-refractivity contribution in [1.29, 1.82) is 5.26 Å². The van der Waals surface area contributed by atoms with Gasteiger partial charge in [-0.15, -0.1) is 11.3 Å². The average Bonchev–Trinajstić information content (AvgIpc) is 3.08. The van der Waals surface area contributed by atoms with Crippen LogP contribution in [0.2, 0.25) is 10.0 Å². The van der Waals surface area contributed by atoms with Crippen molar-refractivity contribution < 1.29 is 9.53 Å². The Morgan fingerprint density at radius 1 is 1.24 bits per heavy atom. The number of thiophene rings is 1. The largest absolute Gasteiger partial charge is 0.444 e. The summed E-state index contributed by atoms with van der Waals surface area (Å²) in [6.07, 6.45) is 1.01. The summed E-state index contributed by atoms with van der Waals surface area (Å²) in [6.45, 7) is 4.05. The molecule has 1 aliphatic heterocycles. The summed E-state index contributed by atoms with van der Waals surface area (Å²) in [6, 6.07) is 11.3. The molecule has 29 heavy (non-hydrogen) atoms. The summed E-state index contributed by atoms with van der Waals surface area (Å²) in [5.41, 5.74) is 7.53. The molecule has 1 aromatic carbocycles. The van der Waals surface area contributed by atoms with Crippen LogP contribution >= 0.6 is 34.5 Å². The first kappa shape index (κ1) is 20.0. The fourth-order valence-corrected chi connectivity index (χ4v) is 5.65. The highest BCUT2D eigenvalue weighted by Gasteiger charge is 2.43. The van der Waals surface area contributed by atoms with Gasteiger partial charge in [0.05, 0.1) is 10.9 Å². The van der Waals surface area contributed by atoms with Gasteiger partial charge < -0.3 is 10.5 Å². The molecule has 1 aromatic heterocycles. The van der Waals surface area contributed by atoms with Crippen molar-refractivity contribution >= 4 is 40.3 Å². The number of nitrogens with zero attached hydrogens (tertiary/aromatic N) is 1. The van der Waals surface area contributed by atoms with Crippen LogP contribution in [-0.4, -0.2) is 5.78 Å². The maximum Gasteiger partial charge on any atom is 0.205 e. The zero-order chi connectivity index (χ0) is 20.9. The molecule has 0 radical (unpaired) electrons. The minimum absolute atomic E-state index is 0.000903. The standard InChI is InChI=1S/C22H18Cl2N2O2S/c1-22(2)8-15(27)20-16(9-22)28-21(26)13(10-25)19(20)18-6-5-17(29-18)12-4-3-11(23)7-14(12)24/h3-7,19H,8-9,26H2,1-2H3/t19-/m0/s1. The van der Waals surface area contributed by atoms with Gasteiger partial charge in [-0.1, -0.05) is 43.1 Å². The molecule has 2 heterocycles. The third kappa shape index (κ3) is 3.57. The summed E-state index contributed by atoms with van der Waals surface area (Å²) in [7, 11) is 0. The van der Waals surface area contributed by atoms with Gasteiger partial charge in [0.15, 0.2) is 5.78 Å². The van der Waals surface area contributed by atoms with E-state index < -0.39 is 5.92 Å². The molecule has 1 atom stereocenters. The Morgan fingerprint density at radius 3 is 2.69 bits per heavy atom. The predicted octanol–water partition coefficient (Wildman–Crippen LogP) is 6.17. The Kier molecular flexibility index (Phi) is 4.98. The first-order valence-electron chi connectivity index (χ1n) is 9.09. The lowest BCUT2D eigenvalue weighted by atomic mass is 9.71. The summed E-state index contributed by atoms with van der Waals surface area (Å²) < 4.78 is 5.74. The van der Waals surface area contributed by atoms with Crippen molar-refractivity contribution in [2.45, 2.75) is 32.6 Å². The van der Waals surface area contributed by atoms with Crippen LogP contribution in [0.4, 0.5) is 0 Å². The van der Waals surface area contributed by atoms with Crippen molar-refractivity contribution in [3.63, 3.8) is 0 Å². The first-order chi connectivity index (χ1) is 13.7. The number of ether oxygens (including phenoxy) is 1. The molecule has 148 valence electrons. The second-order valence-electron chi connectivity index (χ2n) is 8.03. The number of nitrogens with two attached hydrogens (primary N) is 1. The van der Waals surface area contributed by atoms with Gasteiger partial charge in [-0.25, -0.2) is 0 Å². The van der Waals surface area contributed by atoms with Gasteiger partial charge in [0.2, 0.25) is 5.88 Å². The number of hydrogen-bond donors (Lipinski definition) is 1. The Labute approximate surface area is 183 Å². The van der Waals surface area contributed by atoms with Crippen LogP contribution in [0, 0.1) is 16.7 Å². The monoisotopic (exact) mass is 444 g/mol. The molecular weight excluding hydrogens is 427 g/mol. The molecule has 0 unspecified atom stereocenters. The number of ketones is 1. The van der Waals surface area contributed by atoms with E-state index in [1.807, 2.05) is 32.0 Å². The van der Waals surface area contributed by atoms with E-state index in [4.69, 9.17) is 33.7 Å². The molecule has 0 saturated heterocycles. The van der Waals surface area contributed by atoms with Crippen molar-refractivity contribution in [3.8, 4) is 16.5 Å². The average molecular weight is 445 g/mol. The molecule has 2 aromatic rings. The van der Waals surface area contributed by atoms with E-state index in [1.165, 1.54) is 11.3 Å². The number of benzene rings is 1. The van der Waals surface area contributed by atoms with E-state index >= 15 is 0 Å². The van der Waals surface area contributed by atoms with Crippen LogP contribution in [-0.2, 0) is 9.53 Å². The van der Waals surface area contributed by atoms with E-state index in [9.17, 15) is 10.1 Å². The molecule has 4 nitrogen and oxygen atoms in total. The molecule has 4 rings (SSSR count). The Morgan fingerprint density at radius 2 is 2.00 bits per heavy atom. The van der Waals surface area contributed by atoms with Crippen LogP contribution in [0.25, 0.3) is 10.4 Å². The minimum atomic E-state index is -0.517. The highest BCUT2D eigenvalue weighted by molar-refractivity contribution is 7.15. The molecule has 0 amide bonds. The SMILES string of the molecule is CC1(C)CC(=O)C2=C(C1)OC(N)=C(C#N)[C@H]2c1ccc(-c2ccc(Cl)cc2Cl)s1. The number of hydrogen-bond acceptors (Lipinski definition) is 5. The quantitative estimate of drug-likeness (QED) is 0.600. The number of nitriles is 1. The maximum absolute atomic E-state index is 13.0. The zero-order valence-electron chi connectivity index (χ0n) is 15.9. The Hall–Kier alpha value is -2.26. The van der Waals surface area contributed by atoms with E-state index in [0.29, 0.717) is 34.2 Å².